The molecule has 0 radical (unpaired) electrons. The number of rotatable bonds is 2. The molecule has 0 N–H and O–H groups in total. The molecule has 1 aromatic heterocycles. The molecule has 0 saturated carbocycles. The maximum Gasteiger partial charge on any atom is 0.0722 e. The lowest BCUT2D eigenvalue weighted by Crippen LogP contribution is -2.09. The van der Waals surface area contributed by atoms with Gasteiger partial charge in [-0.05, 0) is 18.2 Å². The fraction of sp³-hybridized carbons (Fsp3) is 0.154. The van der Waals surface area contributed by atoms with Crippen molar-refractivity contribution in [3.05, 3.63) is 48.7 Å². The third kappa shape index (κ3) is 1.99. The number of aromatic nitrogens is 1. The van der Waals surface area contributed by atoms with E-state index in [0.717, 1.165) is 5.69 Å². The van der Waals surface area contributed by atoms with Gasteiger partial charge in [-0.25, -0.2) is 0 Å². The minimum atomic E-state index is 1.02. The molecule has 1 heterocycles. The predicted octanol–water partition coefficient (Wildman–Crippen LogP) is 2.81. The molecule has 0 saturated heterocycles. The molecule has 0 amide bonds. The standard InChI is InChI=1S/C13H14N2/c1-15(2)13-9-4-3-7-11(13)12-8-5-6-10-14-12/h3-10H,1-2H3. The highest BCUT2D eigenvalue weighted by atomic mass is 15.1. The summed E-state index contributed by atoms with van der Waals surface area (Å²) >= 11 is 0. The average Bonchev–Trinajstić information content (AvgIpc) is 2.30. The van der Waals surface area contributed by atoms with E-state index in [1.54, 1.807) is 0 Å². The highest BCUT2D eigenvalue weighted by Crippen LogP contribution is 2.27. The second-order valence-corrected chi connectivity index (χ2v) is 3.63. The Balaban J connectivity index is 2.53. The first-order chi connectivity index (χ1) is 7.29. The van der Waals surface area contributed by atoms with Crippen molar-refractivity contribution in [3.63, 3.8) is 0 Å². The van der Waals surface area contributed by atoms with Crippen LogP contribution in [0.15, 0.2) is 48.7 Å². The molecular weight excluding hydrogens is 184 g/mol. The SMILES string of the molecule is CN(C)c1ccccc1-c1ccccn1. The minimum absolute atomic E-state index is 1.02. The molecule has 0 spiro atoms. The van der Waals surface area contributed by atoms with Gasteiger partial charge in [-0.1, -0.05) is 24.3 Å². The van der Waals surface area contributed by atoms with Crippen molar-refractivity contribution >= 4 is 5.69 Å². The van der Waals surface area contributed by atoms with Crippen molar-refractivity contribution in [1.29, 1.82) is 0 Å². The van der Waals surface area contributed by atoms with Crippen LogP contribution in [-0.4, -0.2) is 19.1 Å². The van der Waals surface area contributed by atoms with E-state index in [1.807, 2.05) is 50.6 Å². The van der Waals surface area contributed by atoms with Gasteiger partial charge in [0.1, 0.15) is 0 Å². The molecule has 1 aromatic carbocycles. The lowest BCUT2D eigenvalue weighted by Gasteiger charge is -2.16. The van der Waals surface area contributed by atoms with Gasteiger partial charge in [0.15, 0.2) is 0 Å². The van der Waals surface area contributed by atoms with E-state index in [0.29, 0.717) is 0 Å². The summed E-state index contributed by atoms with van der Waals surface area (Å²) in [5, 5.41) is 0. The van der Waals surface area contributed by atoms with E-state index in [4.69, 9.17) is 0 Å². The van der Waals surface area contributed by atoms with Crippen LogP contribution in [-0.2, 0) is 0 Å². The van der Waals surface area contributed by atoms with Crippen LogP contribution in [0.2, 0.25) is 0 Å². The largest absolute Gasteiger partial charge is 0.377 e. The Bertz CT molecular complexity index is 435. The van der Waals surface area contributed by atoms with Gasteiger partial charge in [-0.15, -0.1) is 0 Å². The quantitative estimate of drug-likeness (QED) is 0.737. The molecule has 0 aliphatic rings. The Morgan fingerprint density at radius 2 is 1.67 bits per heavy atom. The van der Waals surface area contributed by atoms with E-state index >= 15 is 0 Å². The normalized spacial score (nSPS) is 10.0. The van der Waals surface area contributed by atoms with Crippen molar-refractivity contribution in [2.75, 3.05) is 19.0 Å². The van der Waals surface area contributed by atoms with Crippen LogP contribution in [0.1, 0.15) is 0 Å². The van der Waals surface area contributed by atoms with Crippen molar-refractivity contribution in [3.8, 4) is 11.3 Å². The van der Waals surface area contributed by atoms with E-state index in [-0.39, 0.29) is 0 Å². The summed E-state index contributed by atoms with van der Waals surface area (Å²) in [4.78, 5) is 6.47. The van der Waals surface area contributed by atoms with Crippen LogP contribution >= 0.6 is 0 Å². The second-order valence-electron chi connectivity index (χ2n) is 3.63. The average molecular weight is 198 g/mol. The van der Waals surface area contributed by atoms with Crippen molar-refractivity contribution < 1.29 is 0 Å². The summed E-state index contributed by atoms with van der Waals surface area (Å²) < 4.78 is 0. The van der Waals surface area contributed by atoms with Gasteiger partial charge in [-0.3, -0.25) is 4.98 Å². The molecule has 0 atom stereocenters. The fourth-order valence-electron chi connectivity index (χ4n) is 1.60. The zero-order valence-electron chi connectivity index (χ0n) is 9.01. The first-order valence-corrected chi connectivity index (χ1v) is 4.97. The fourth-order valence-corrected chi connectivity index (χ4v) is 1.60. The number of hydrogen-bond acceptors (Lipinski definition) is 2. The second kappa shape index (κ2) is 4.13. The Hall–Kier alpha value is -1.83. The number of para-hydroxylation sites is 1. The minimum Gasteiger partial charge on any atom is -0.377 e. The Kier molecular flexibility index (Phi) is 2.68. The van der Waals surface area contributed by atoms with E-state index in [1.165, 1.54) is 11.3 Å². The van der Waals surface area contributed by atoms with Gasteiger partial charge in [0.25, 0.3) is 0 Å². The predicted molar refractivity (Wildman–Crippen MR) is 64.0 cm³/mol. The molecule has 0 fully saturated rings. The summed E-state index contributed by atoms with van der Waals surface area (Å²) in [5.74, 6) is 0. The molecule has 15 heavy (non-hydrogen) atoms. The van der Waals surface area contributed by atoms with E-state index in [2.05, 4.69) is 22.0 Å². The van der Waals surface area contributed by atoms with Crippen LogP contribution < -0.4 is 4.90 Å². The molecule has 0 aliphatic carbocycles. The number of nitrogens with zero attached hydrogens (tertiary/aromatic N) is 2. The van der Waals surface area contributed by atoms with E-state index < -0.39 is 0 Å². The van der Waals surface area contributed by atoms with Gasteiger partial charge in [-0.2, -0.15) is 0 Å². The van der Waals surface area contributed by atoms with Crippen LogP contribution in [0, 0.1) is 0 Å². The Morgan fingerprint density at radius 1 is 0.933 bits per heavy atom. The van der Waals surface area contributed by atoms with Gasteiger partial charge in [0.05, 0.1) is 5.69 Å². The maximum atomic E-state index is 4.37. The Labute approximate surface area is 90.2 Å². The summed E-state index contributed by atoms with van der Waals surface area (Å²) in [6.07, 6.45) is 1.82. The molecule has 2 nitrogen and oxygen atoms in total. The summed E-state index contributed by atoms with van der Waals surface area (Å²) in [6.45, 7) is 0. The lowest BCUT2D eigenvalue weighted by molar-refractivity contribution is 1.13. The molecule has 0 bridgehead atoms. The maximum absolute atomic E-state index is 4.37. The highest BCUT2D eigenvalue weighted by Gasteiger charge is 2.05. The molecule has 0 unspecified atom stereocenters. The van der Waals surface area contributed by atoms with Gasteiger partial charge in [0, 0.05) is 31.5 Å². The third-order valence-corrected chi connectivity index (χ3v) is 2.33. The van der Waals surface area contributed by atoms with Crippen LogP contribution in [0.5, 0.6) is 0 Å². The summed E-state index contributed by atoms with van der Waals surface area (Å²) in [7, 11) is 4.09. The van der Waals surface area contributed by atoms with Gasteiger partial charge >= 0.3 is 0 Å². The molecule has 76 valence electrons. The number of pyridine rings is 1. The van der Waals surface area contributed by atoms with Gasteiger partial charge in [0.2, 0.25) is 0 Å². The molecule has 2 rings (SSSR count). The number of benzene rings is 1. The summed E-state index contributed by atoms with van der Waals surface area (Å²) in [5.41, 5.74) is 3.38. The van der Waals surface area contributed by atoms with Crippen LogP contribution in [0.4, 0.5) is 5.69 Å². The van der Waals surface area contributed by atoms with Crippen molar-refractivity contribution in [2.24, 2.45) is 0 Å². The molecule has 2 heteroatoms. The number of hydrogen-bond donors (Lipinski definition) is 0. The zero-order valence-corrected chi connectivity index (χ0v) is 9.01. The van der Waals surface area contributed by atoms with Crippen LogP contribution in [0.25, 0.3) is 11.3 Å². The first-order valence-electron chi connectivity index (χ1n) is 4.97. The van der Waals surface area contributed by atoms with Crippen molar-refractivity contribution in [2.45, 2.75) is 0 Å². The highest BCUT2D eigenvalue weighted by molar-refractivity contribution is 5.75. The lowest BCUT2D eigenvalue weighted by atomic mass is 10.1. The zero-order chi connectivity index (χ0) is 10.7. The van der Waals surface area contributed by atoms with Gasteiger partial charge < -0.3 is 4.90 Å². The monoisotopic (exact) mass is 198 g/mol. The molecule has 0 aliphatic heterocycles. The first kappa shape index (κ1) is 9.71. The number of anilines is 1. The topological polar surface area (TPSA) is 16.1 Å². The molecule has 2 aromatic rings. The van der Waals surface area contributed by atoms with Crippen LogP contribution in [0.3, 0.4) is 0 Å². The van der Waals surface area contributed by atoms with E-state index in [9.17, 15) is 0 Å². The third-order valence-electron chi connectivity index (χ3n) is 2.33. The smallest absolute Gasteiger partial charge is 0.0722 e. The van der Waals surface area contributed by atoms with Crippen molar-refractivity contribution in [1.82, 2.24) is 4.98 Å². The molecular formula is C13H14N2. The Morgan fingerprint density at radius 3 is 2.33 bits per heavy atom. The summed E-state index contributed by atoms with van der Waals surface area (Å²) in [6, 6.07) is 14.2.